The molecule has 0 radical (unpaired) electrons. The first-order chi connectivity index (χ1) is 7.56. The molecule has 0 aliphatic carbocycles. The van der Waals surface area contributed by atoms with Crippen LogP contribution in [0.15, 0.2) is 18.2 Å². The van der Waals surface area contributed by atoms with Crippen molar-refractivity contribution in [1.29, 1.82) is 5.26 Å². The molecule has 0 unspecified atom stereocenters. The predicted molar refractivity (Wildman–Crippen MR) is 56.4 cm³/mol. The number of halogens is 1. The zero-order valence-electron chi connectivity index (χ0n) is 9.03. The lowest BCUT2D eigenvalue weighted by Crippen LogP contribution is -2.26. The van der Waals surface area contributed by atoms with Crippen molar-refractivity contribution in [2.45, 2.75) is 0 Å². The normalized spacial score (nSPS) is 9.38. The highest BCUT2D eigenvalue weighted by Crippen LogP contribution is 2.16. The van der Waals surface area contributed by atoms with E-state index in [-0.39, 0.29) is 12.1 Å². The summed E-state index contributed by atoms with van der Waals surface area (Å²) in [6.45, 7) is 0.00478. The number of ether oxygens (including phenoxy) is 1. The predicted octanol–water partition coefficient (Wildman–Crippen LogP) is 1.31. The maximum absolute atomic E-state index is 13.1. The molecule has 0 aliphatic heterocycles. The number of rotatable bonds is 3. The molecule has 0 spiro atoms. The Morgan fingerprint density at radius 3 is 2.81 bits per heavy atom. The first kappa shape index (κ1) is 12.0. The first-order valence-electron chi connectivity index (χ1n) is 4.55. The lowest BCUT2D eigenvalue weighted by Gasteiger charge is -2.17. The molecule has 0 N–H and O–H groups in total. The summed E-state index contributed by atoms with van der Waals surface area (Å²) in [5.74, 6) is -0.934. The molecule has 5 heteroatoms. The Morgan fingerprint density at radius 2 is 2.25 bits per heavy atom. The van der Waals surface area contributed by atoms with Crippen LogP contribution in [-0.4, -0.2) is 26.7 Å². The summed E-state index contributed by atoms with van der Waals surface area (Å²) >= 11 is 0. The van der Waals surface area contributed by atoms with Gasteiger partial charge in [-0.15, -0.1) is 0 Å². The molecular formula is C11H11FN2O2. The molecule has 84 valence electrons. The Balaban J connectivity index is 2.91. The number of hydrogen-bond donors (Lipinski definition) is 0. The average Bonchev–Trinajstić information content (AvgIpc) is 2.27. The Morgan fingerprint density at radius 1 is 1.56 bits per heavy atom. The van der Waals surface area contributed by atoms with Gasteiger partial charge in [-0.3, -0.25) is 4.79 Å². The number of esters is 1. The average molecular weight is 222 g/mol. The van der Waals surface area contributed by atoms with Crippen LogP contribution in [0.25, 0.3) is 0 Å². The van der Waals surface area contributed by atoms with Crippen molar-refractivity contribution in [3.05, 3.63) is 29.6 Å². The van der Waals surface area contributed by atoms with E-state index in [1.165, 1.54) is 24.1 Å². The number of carbonyl (C=O) groups excluding carboxylic acids is 1. The molecule has 1 aromatic carbocycles. The fourth-order valence-corrected chi connectivity index (χ4v) is 1.21. The maximum atomic E-state index is 13.1. The molecule has 1 rings (SSSR count). The van der Waals surface area contributed by atoms with Gasteiger partial charge in [0.25, 0.3) is 0 Å². The molecule has 0 heterocycles. The van der Waals surface area contributed by atoms with Crippen molar-refractivity contribution in [2.75, 3.05) is 25.6 Å². The molecule has 0 amide bonds. The second-order valence-electron chi connectivity index (χ2n) is 3.24. The molecular weight excluding hydrogens is 211 g/mol. The highest BCUT2D eigenvalue weighted by molar-refractivity contribution is 5.75. The molecule has 0 saturated carbocycles. The van der Waals surface area contributed by atoms with E-state index in [2.05, 4.69) is 4.74 Å². The van der Waals surface area contributed by atoms with Crippen LogP contribution in [0, 0.1) is 17.1 Å². The van der Waals surface area contributed by atoms with Crippen LogP contribution >= 0.6 is 0 Å². The summed E-state index contributed by atoms with van der Waals surface area (Å²) in [6.07, 6.45) is 0. The van der Waals surface area contributed by atoms with Crippen molar-refractivity contribution < 1.29 is 13.9 Å². The Kier molecular flexibility index (Phi) is 3.84. The van der Waals surface area contributed by atoms with Gasteiger partial charge in [0.05, 0.1) is 18.7 Å². The van der Waals surface area contributed by atoms with E-state index in [1.54, 1.807) is 7.05 Å². The smallest absolute Gasteiger partial charge is 0.325 e. The first-order valence-corrected chi connectivity index (χ1v) is 4.55. The van der Waals surface area contributed by atoms with Crippen molar-refractivity contribution in [3.63, 3.8) is 0 Å². The summed E-state index contributed by atoms with van der Waals surface area (Å²) in [5.41, 5.74) is 0.675. The lowest BCUT2D eigenvalue weighted by atomic mass is 10.2. The fourth-order valence-electron chi connectivity index (χ4n) is 1.21. The van der Waals surface area contributed by atoms with Crippen LogP contribution in [0.3, 0.4) is 0 Å². The lowest BCUT2D eigenvalue weighted by molar-refractivity contribution is -0.138. The number of likely N-dealkylation sites (N-methyl/N-ethyl adjacent to an activating group) is 1. The molecule has 0 atom stereocenters. The van der Waals surface area contributed by atoms with Gasteiger partial charge in [-0.25, -0.2) is 4.39 Å². The van der Waals surface area contributed by atoms with E-state index in [0.717, 1.165) is 6.07 Å². The van der Waals surface area contributed by atoms with Gasteiger partial charge in [0.2, 0.25) is 0 Å². The van der Waals surface area contributed by atoms with Gasteiger partial charge in [0, 0.05) is 12.7 Å². The van der Waals surface area contributed by atoms with Gasteiger partial charge in [-0.05, 0) is 18.2 Å². The van der Waals surface area contributed by atoms with Crippen LogP contribution in [-0.2, 0) is 9.53 Å². The van der Waals surface area contributed by atoms with E-state index >= 15 is 0 Å². The molecule has 0 aromatic heterocycles. The van der Waals surface area contributed by atoms with Crippen molar-refractivity contribution in [2.24, 2.45) is 0 Å². The topological polar surface area (TPSA) is 53.3 Å². The summed E-state index contributed by atoms with van der Waals surface area (Å²) in [7, 11) is 2.90. The van der Waals surface area contributed by atoms with E-state index in [4.69, 9.17) is 5.26 Å². The van der Waals surface area contributed by atoms with E-state index in [0.29, 0.717) is 5.69 Å². The molecule has 4 nitrogen and oxygen atoms in total. The summed E-state index contributed by atoms with van der Waals surface area (Å²) in [4.78, 5) is 12.5. The van der Waals surface area contributed by atoms with Crippen LogP contribution in [0.1, 0.15) is 5.56 Å². The largest absolute Gasteiger partial charge is 0.468 e. The highest BCUT2D eigenvalue weighted by Gasteiger charge is 2.09. The molecule has 0 aliphatic rings. The fraction of sp³-hybridized carbons (Fsp3) is 0.273. The number of hydrogen-bond acceptors (Lipinski definition) is 4. The third-order valence-corrected chi connectivity index (χ3v) is 2.05. The zero-order valence-corrected chi connectivity index (χ0v) is 9.03. The second kappa shape index (κ2) is 5.12. The van der Waals surface area contributed by atoms with Gasteiger partial charge in [-0.1, -0.05) is 0 Å². The SMILES string of the molecule is COC(=O)CN(C)c1cc(F)cc(C#N)c1. The minimum atomic E-state index is -0.509. The van der Waals surface area contributed by atoms with E-state index < -0.39 is 11.8 Å². The number of nitrogens with zero attached hydrogens (tertiary/aromatic N) is 2. The van der Waals surface area contributed by atoms with Crippen molar-refractivity contribution in [1.82, 2.24) is 0 Å². The minimum Gasteiger partial charge on any atom is -0.468 e. The third-order valence-electron chi connectivity index (χ3n) is 2.05. The number of benzene rings is 1. The van der Waals surface area contributed by atoms with Crippen molar-refractivity contribution in [3.8, 4) is 6.07 Å². The number of carbonyl (C=O) groups is 1. The summed E-state index contributed by atoms with van der Waals surface area (Å²) in [6, 6.07) is 5.74. The summed E-state index contributed by atoms with van der Waals surface area (Å²) in [5, 5.41) is 8.67. The quantitative estimate of drug-likeness (QED) is 0.723. The van der Waals surface area contributed by atoms with Gasteiger partial charge in [0.15, 0.2) is 0 Å². The monoisotopic (exact) mass is 222 g/mol. The van der Waals surface area contributed by atoms with Gasteiger partial charge < -0.3 is 9.64 Å². The number of methoxy groups -OCH3 is 1. The Labute approximate surface area is 92.8 Å². The van der Waals surface area contributed by atoms with E-state index in [1.807, 2.05) is 6.07 Å². The Bertz CT molecular complexity index is 440. The standard InChI is InChI=1S/C11H11FN2O2/c1-14(7-11(15)16-2)10-4-8(6-13)3-9(12)5-10/h3-5H,7H2,1-2H3. The summed E-state index contributed by atoms with van der Waals surface area (Å²) < 4.78 is 17.6. The number of anilines is 1. The number of nitriles is 1. The van der Waals surface area contributed by atoms with Crippen LogP contribution in [0.2, 0.25) is 0 Å². The second-order valence-corrected chi connectivity index (χ2v) is 3.24. The molecule has 16 heavy (non-hydrogen) atoms. The van der Waals surface area contributed by atoms with Gasteiger partial charge >= 0.3 is 5.97 Å². The zero-order chi connectivity index (χ0) is 12.1. The Hall–Kier alpha value is -2.09. The van der Waals surface area contributed by atoms with Crippen LogP contribution < -0.4 is 4.90 Å². The van der Waals surface area contributed by atoms with E-state index in [9.17, 15) is 9.18 Å². The minimum absolute atomic E-state index is 0.00478. The van der Waals surface area contributed by atoms with Crippen LogP contribution in [0.5, 0.6) is 0 Å². The third kappa shape index (κ3) is 2.95. The molecule has 0 bridgehead atoms. The van der Waals surface area contributed by atoms with Gasteiger partial charge in [-0.2, -0.15) is 5.26 Å². The molecule has 1 aromatic rings. The molecule has 0 fully saturated rings. The molecule has 0 saturated heterocycles. The maximum Gasteiger partial charge on any atom is 0.325 e. The highest BCUT2D eigenvalue weighted by atomic mass is 19.1. The van der Waals surface area contributed by atoms with Crippen LogP contribution in [0.4, 0.5) is 10.1 Å². The van der Waals surface area contributed by atoms with Crippen molar-refractivity contribution >= 4 is 11.7 Å². The van der Waals surface area contributed by atoms with Gasteiger partial charge in [0.1, 0.15) is 12.4 Å².